The van der Waals surface area contributed by atoms with E-state index in [1.54, 1.807) is 7.11 Å². The fraction of sp³-hybridized carbons (Fsp3) is 0.786. The van der Waals surface area contributed by atoms with Crippen LogP contribution in [0.1, 0.15) is 30.5 Å². The molecule has 114 valence electrons. The van der Waals surface area contributed by atoms with Crippen LogP contribution in [-0.4, -0.2) is 47.0 Å². The van der Waals surface area contributed by atoms with Gasteiger partial charge in [-0.25, -0.2) is 4.68 Å². The Balaban J connectivity index is 0.00000147. The van der Waals surface area contributed by atoms with Crippen LogP contribution in [0.4, 0.5) is 0 Å². The van der Waals surface area contributed by atoms with Crippen molar-refractivity contribution in [1.29, 1.82) is 0 Å². The van der Waals surface area contributed by atoms with Crippen molar-refractivity contribution >= 4 is 12.4 Å². The second-order valence-corrected chi connectivity index (χ2v) is 5.86. The Kier molecular flexibility index (Phi) is 4.94. The predicted octanol–water partition coefficient (Wildman–Crippen LogP) is 1.49. The Bertz CT molecular complexity index is 462. The number of hydrogen-bond acceptors (Lipinski definition) is 4. The first-order chi connectivity index (χ1) is 9.17. The summed E-state index contributed by atoms with van der Waals surface area (Å²) in [5.41, 5.74) is 2.32. The van der Waals surface area contributed by atoms with E-state index in [1.807, 2.05) is 11.7 Å². The zero-order valence-corrected chi connectivity index (χ0v) is 13.4. The third kappa shape index (κ3) is 2.95. The highest BCUT2D eigenvalue weighted by Gasteiger charge is 2.30. The van der Waals surface area contributed by atoms with Crippen LogP contribution in [0.2, 0.25) is 0 Å². The Morgan fingerprint density at radius 2 is 2.05 bits per heavy atom. The van der Waals surface area contributed by atoms with Gasteiger partial charge in [-0.1, -0.05) is 0 Å². The summed E-state index contributed by atoms with van der Waals surface area (Å²) in [4.78, 5) is 2.54. The molecule has 2 unspecified atom stereocenters. The number of aryl methyl sites for hydroxylation is 2. The number of nitrogens with zero attached hydrogens (tertiary/aromatic N) is 3. The molecule has 5 nitrogen and oxygen atoms in total. The summed E-state index contributed by atoms with van der Waals surface area (Å²) in [6.45, 7) is 5.34. The molecule has 20 heavy (non-hydrogen) atoms. The molecule has 0 aliphatic carbocycles. The lowest BCUT2D eigenvalue weighted by Gasteiger charge is -2.24. The van der Waals surface area contributed by atoms with Crippen LogP contribution in [0, 0.1) is 6.92 Å². The van der Waals surface area contributed by atoms with E-state index >= 15 is 0 Å². The van der Waals surface area contributed by atoms with Crippen LogP contribution in [-0.2, 0) is 13.6 Å². The summed E-state index contributed by atoms with van der Waals surface area (Å²) in [6.07, 6.45) is 3.94. The molecule has 1 N–H and O–H groups in total. The number of aromatic nitrogens is 2. The van der Waals surface area contributed by atoms with Crippen LogP contribution in [0.5, 0.6) is 5.88 Å². The molecule has 0 spiro atoms. The van der Waals surface area contributed by atoms with Crippen LogP contribution < -0.4 is 10.1 Å². The highest BCUT2D eigenvalue weighted by molar-refractivity contribution is 5.85. The van der Waals surface area contributed by atoms with Crippen LogP contribution in [0.25, 0.3) is 0 Å². The number of ether oxygens (including phenoxy) is 1. The first-order valence-electron chi connectivity index (χ1n) is 7.22. The fourth-order valence-electron chi connectivity index (χ4n) is 3.50. The summed E-state index contributed by atoms with van der Waals surface area (Å²) in [5, 5.41) is 8.19. The summed E-state index contributed by atoms with van der Waals surface area (Å²) >= 11 is 0. The summed E-state index contributed by atoms with van der Waals surface area (Å²) in [6, 6.07) is 1.42. The third-order valence-corrected chi connectivity index (χ3v) is 4.47. The normalized spacial score (nSPS) is 26.1. The van der Waals surface area contributed by atoms with E-state index in [0.29, 0.717) is 6.04 Å². The average molecular weight is 301 g/mol. The number of fused-ring (bicyclic) bond motifs is 2. The second-order valence-electron chi connectivity index (χ2n) is 5.86. The molecule has 0 saturated carbocycles. The molecule has 2 atom stereocenters. The van der Waals surface area contributed by atoms with Gasteiger partial charge in [0.2, 0.25) is 5.88 Å². The van der Waals surface area contributed by atoms with Crippen molar-refractivity contribution in [3.8, 4) is 5.88 Å². The van der Waals surface area contributed by atoms with Gasteiger partial charge in [-0.3, -0.25) is 4.90 Å². The standard InChI is InChI=1S/C14H24N4O.ClH/c1-10-13(14(19-3)17(2)16-10)9-18-7-6-11-4-5-12(8-18)15-11;/h11-12,15H,4-9H2,1-3H3;1H. The van der Waals surface area contributed by atoms with E-state index in [1.165, 1.54) is 31.4 Å². The first-order valence-corrected chi connectivity index (χ1v) is 7.22. The van der Waals surface area contributed by atoms with Gasteiger partial charge in [-0.2, -0.15) is 5.10 Å². The third-order valence-electron chi connectivity index (χ3n) is 4.47. The maximum Gasteiger partial charge on any atom is 0.216 e. The average Bonchev–Trinajstić information content (AvgIpc) is 2.83. The highest BCUT2D eigenvalue weighted by atomic mass is 35.5. The zero-order chi connectivity index (χ0) is 13.4. The summed E-state index contributed by atoms with van der Waals surface area (Å²) in [5.74, 6) is 0.903. The molecule has 3 heterocycles. The molecule has 0 aromatic carbocycles. The lowest BCUT2D eigenvalue weighted by molar-refractivity contribution is 0.245. The fourth-order valence-corrected chi connectivity index (χ4v) is 3.50. The minimum Gasteiger partial charge on any atom is -0.481 e. The maximum absolute atomic E-state index is 5.49. The summed E-state index contributed by atoms with van der Waals surface area (Å²) in [7, 11) is 3.67. The van der Waals surface area contributed by atoms with Crippen molar-refractivity contribution in [2.75, 3.05) is 20.2 Å². The molecule has 2 saturated heterocycles. The topological polar surface area (TPSA) is 42.3 Å². The van der Waals surface area contributed by atoms with E-state index in [2.05, 4.69) is 22.2 Å². The van der Waals surface area contributed by atoms with E-state index in [4.69, 9.17) is 4.74 Å². The lowest BCUT2D eigenvalue weighted by Crippen LogP contribution is -2.35. The number of halogens is 1. The van der Waals surface area contributed by atoms with Gasteiger partial charge in [0.25, 0.3) is 0 Å². The molecular formula is C14H25ClN4O. The van der Waals surface area contributed by atoms with Crippen molar-refractivity contribution in [3.63, 3.8) is 0 Å². The monoisotopic (exact) mass is 300 g/mol. The van der Waals surface area contributed by atoms with E-state index < -0.39 is 0 Å². The van der Waals surface area contributed by atoms with E-state index in [9.17, 15) is 0 Å². The number of nitrogens with one attached hydrogen (secondary N) is 1. The SMILES string of the molecule is COc1c(CN2CCC3CCC(C2)N3)c(C)nn1C.Cl. The van der Waals surface area contributed by atoms with Crippen molar-refractivity contribution in [2.24, 2.45) is 7.05 Å². The molecule has 1 aromatic rings. The van der Waals surface area contributed by atoms with Crippen LogP contribution >= 0.6 is 12.4 Å². The number of methoxy groups -OCH3 is 1. The predicted molar refractivity (Wildman–Crippen MR) is 81.6 cm³/mol. The largest absolute Gasteiger partial charge is 0.481 e. The Labute approximate surface area is 127 Å². The quantitative estimate of drug-likeness (QED) is 0.918. The lowest BCUT2D eigenvalue weighted by atomic mass is 10.1. The molecule has 6 heteroatoms. The van der Waals surface area contributed by atoms with Crippen molar-refractivity contribution in [3.05, 3.63) is 11.3 Å². The van der Waals surface area contributed by atoms with Gasteiger partial charge in [0, 0.05) is 38.8 Å². The molecule has 2 aliphatic rings. The van der Waals surface area contributed by atoms with E-state index in [-0.39, 0.29) is 12.4 Å². The first kappa shape index (κ1) is 15.6. The molecular weight excluding hydrogens is 276 g/mol. The van der Waals surface area contributed by atoms with Gasteiger partial charge in [-0.15, -0.1) is 12.4 Å². The molecule has 2 aliphatic heterocycles. The smallest absolute Gasteiger partial charge is 0.216 e. The molecule has 1 aromatic heterocycles. The minimum absolute atomic E-state index is 0. The van der Waals surface area contributed by atoms with Gasteiger partial charge in [-0.05, 0) is 26.2 Å². The van der Waals surface area contributed by atoms with Gasteiger partial charge in [0.15, 0.2) is 0 Å². The zero-order valence-electron chi connectivity index (χ0n) is 12.6. The molecule has 3 rings (SSSR count). The Morgan fingerprint density at radius 3 is 2.80 bits per heavy atom. The van der Waals surface area contributed by atoms with Gasteiger partial charge >= 0.3 is 0 Å². The molecule has 0 radical (unpaired) electrons. The number of rotatable bonds is 3. The van der Waals surface area contributed by atoms with Gasteiger partial charge in [0.1, 0.15) is 0 Å². The highest BCUT2D eigenvalue weighted by Crippen LogP contribution is 2.26. The van der Waals surface area contributed by atoms with Crippen molar-refractivity contribution in [2.45, 2.75) is 44.8 Å². The number of hydrogen-bond donors (Lipinski definition) is 1. The van der Waals surface area contributed by atoms with Gasteiger partial charge < -0.3 is 10.1 Å². The Hall–Kier alpha value is -0.780. The van der Waals surface area contributed by atoms with Crippen LogP contribution in [0.15, 0.2) is 0 Å². The molecule has 0 amide bonds. The maximum atomic E-state index is 5.49. The van der Waals surface area contributed by atoms with Crippen molar-refractivity contribution < 1.29 is 4.74 Å². The second kappa shape index (κ2) is 6.33. The minimum atomic E-state index is 0. The van der Waals surface area contributed by atoms with E-state index in [0.717, 1.165) is 30.7 Å². The Morgan fingerprint density at radius 1 is 1.30 bits per heavy atom. The van der Waals surface area contributed by atoms with Gasteiger partial charge in [0.05, 0.1) is 18.4 Å². The van der Waals surface area contributed by atoms with Crippen LogP contribution in [0.3, 0.4) is 0 Å². The molecule has 2 bridgehead atoms. The summed E-state index contributed by atoms with van der Waals surface area (Å²) < 4.78 is 7.33. The van der Waals surface area contributed by atoms with Crippen molar-refractivity contribution in [1.82, 2.24) is 20.0 Å². The number of likely N-dealkylation sites (tertiary alicyclic amines) is 1. The molecule has 2 fully saturated rings.